The van der Waals surface area contributed by atoms with Crippen LogP contribution in [-0.4, -0.2) is 40.3 Å². The number of amides is 1. The van der Waals surface area contributed by atoms with Crippen LogP contribution in [0.1, 0.15) is 26.3 Å². The normalized spacial score (nSPS) is 10.5. The molecule has 9 nitrogen and oxygen atoms in total. The van der Waals surface area contributed by atoms with Crippen molar-refractivity contribution in [2.75, 3.05) is 13.7 Å². The maximum atomic E-state index is 12.6. The van der Waals surface area contributed by atoms with Gasteiger partial charge in [0.1, 0.15) is 6.20 Å². The molecule has 0 unspecified atom stereocenters. The first kappa shape index (κ1) is 21.0. The van der Waals surface area contributed by atoms with E-state index in [2.05, 4.69) is 15.4 Å². The lowest BCUT2D eigenvalue weighted by Gasteiger charge is -2.10. The minimum absolute atomic E-state index is 0.150. The van der Waals surface area contributed by atoms with Gasteiger partial charge in [-0.25, -0.2) is 9.59 Å². The van der Waals surface area contributed by atoms with E-state index in [4.69, 9.17) is 16.3 Å². The van der Waals surface area contributed by atoms with E-state index < -0.39 is 23.1 Å². The van der Waals surface area contributed by atoms with E-state index in [1.54, 1.807) is 18.2 Å². The molecule has 0 aliphatic carbocycles. The van der Waals surface area contributed by atoms with Crippen LogP contribution in [0.25, 0.3) is 5.69 Å². The number of benzene rings is 2. The van der Waals surface area contributed by atoms with Crippen molar-refractivity contribution >= 4 is 23.5 Å². The summed E-state index contributed by atoms with van der Waals surface area (Å²) in [5.41, 5.74) is 0.341. The van der Waals surface area contributed by atoms with Crippen molar-refractivity contribution in [1.29, 1.82) is 0 Å². The zero-order chi connectivity index (χ0) is 21.7. The van der Waals surface area contributed by atoms with Gasteiger partial charge in [-0.3, -0.25) is 14.6 Å². The fourth-order valence-corrected chi connectivity index (χ4v) is 2.95. The first-order chi connectivity index (χ1) is 14.4. The maximum Gasteiger partial charge on any atom is 0.349 e. The number of halogens is 1. The molecule has 1 heterocycles. The summed E-state index contributed by atoms with van der Waals surface area (Å²) in [5.74, 6) is -0.876. The van der Waals surface area contributed by atoms with Gasteiger partial charge < -0.3 is 10.1 Å². The zero-order valence-electron chi connectivity index (χ0n) is 15.8. The Kier molecular flexibility index (Phi) is 6.43. The quantitative estimate of drug-likeness (QED) is 0.571. The van der Waals surface area contributed by atoms with Gasteiger partial charge in [0, 0.05) is 6.54 Å². The van der Waals surface area contributed by atoms with Crippen LogP contribution in [-0.2, 0) is 11.2 Å². The van der Waals surface area contributed by atoms with Crippen molar-refractivity contribution in [1.82, 2.24) is 20.1 Å². The van der Waals surface area contributed by atoms with E-state index in [-0.39, 0.29) is 16.3 Å². The summed E-state index contributed by atoms with van der Waals surface area (Å²) in [6, 6.07) is 11.3. The highest BCUT2D eigenvalue weighted by Gasteiger charge is 2.13. The molecule has 0 aliphatic heterocycles. The van der Waals surface area contributed by atoms with Crippen LogP contribution in [0.3, 0.4) is 0 Å². The lowest BCUT2D eigenvalue weighted by atomic mass is 10.1. The lowest BCUT2D eigenvalue weighted by Crippen LogP contribution is -2.31. The number of hydrogen-bond donors (Lipinski definition) is 2. The third kappa shape index (κ3) is 4.81. The molecule has 3 rings (SSSR count). The van der Waals surface area contributed by atoms with Gasteiger partial charge in [-0.2, -0.15) is 9.78 Å². The molecule has 2 aromatic carbocycles. The first-order valence-corrected chi connectivity index (χ1v) is 9.21. The molecule has 0 saturated heterocycles. The number of ether oxygens (including phenoxy) is 1. The minimum atomic E-state index is -0.735. The molecule has 0 fully saturated rings. The largest absolute Gasteiger partial charge is 0.465 e. The monoisotopic (exact) mass is 428 g/mol. The second kappa shape index (κ2) is 9.19. The summed E-state index contributed by atoms with van der Waals surface area (Å²) in [4.78, 5) is 49.3. The molecule has 1 aromatic heterocycles. The summed E-state index contributed by atoms with van der Waals surface area (Å²) in [7, 11) is 1.31. The number of aromatic amines is 1. The average molecular weight is 429 g/mol. The number of hydrogen-bond acceptors (Lipinski definition) is 6. The fourth-order valence-electron chi connectivity index (χ4n) is 2.74. The minimum Gasteiger partial charge on any atom is -0.465 e. The zero-order valence-corrected chi connectivity index (χ0v) is 16.6. The molecule has 0 atom stereocenters. The summed E-state index contributed by atoms with van der Waals surface area (Å²) < 4.78 is 5.65. The predicted molar refractivity (Wildman–Crippen MR) is 109 cm³/mol. The molecule has 0 spiro atoms. The fraction of sp³-hybridized carbons (Fsp3) is 0.150. The van der Waals surface area contributed by atoms with Crippen molar-refractivity contribution in [3.05, 3.63) is 91.2 Å². The van der Waals surface area contributed by atoms with Crippen LogP contribution in [0, 0.1) is 0 Å². The van der Waals surface area contributed by atoms with Gasteiger partial charge in [-0.05, 0) is 42.3 Å². The molecule has 0 bridgehead atoms. The van der Waals surface area contributed by atoms with Gasteiger partial charge in [0.15, 0.2) is 0 Å². The molecule has 2 N–H and O–H groups in total. The number of methoxy groups -OCH3 is 1. The van der Waals surface area contributed by atoms with Crippen LogP contribution < -0.4 is 16.6 Å². The molecular formula is C20H17ClN4O5. The van der Waals surface area contributed by atoms with E-state index in [0.717, 1.165) is 16.4 Å². The van der Waals surface area contributed by atoms with Gasteiger partial charge in [0.05, 0.1) is 28.9 Å². The number of rotatable bonds is 6. The van der Waals surface area contributed by atoms with Crippen molar-refractivity contribution < 1.29 is 14.3 Å². The van der Waals surface area contributed by atoms with E-state index in [1.807, 2.05) is 6.07 Å². The van der Waals surface area contributed by atoms with Gasteiger partial charge in [-0.15, -0.1) is 0 Å². The second-order valence-electron chi connectivity index (χ2n) is 6.21. The van der Waals surface area contributed by atoms with Crippen molar-refractivity contribution in [2.24, 2.45) is 0 Å². The third-order valence-electron chi connectivity index (χ3n) is 4.20. The maximum absolute atomic E-state index is 12.6. The number of nitrogens with one attached hydrogen (secondary N) is 2. The van der Waals surface area contributed by atoms with Gasteiger partial charge >= 0.3 is 11.7 Å². The Hall–Kier alpha value is -3.72. The highest BCUT2D eigenvalue weighted by Crippen LogP contribution is 2.19. The number of aromatic nitrogens is 3. The standard InChI is InChI=1S/C20H17ClN4O5/c1-30-19(28)13-4-2-3-12(9-13)7-8-22-18(27)15-10-14(5-6-16(15)21)25-20(29)24-17(26)11-23-25/h2-6,9-11H,7-8H2,1H3,(H,22,27)(H,24,26,29). The number of carbonyl (C=O) groups excluding carboxylic acids is 2. The lowest BCUT2D eigenvalue weighted by molar-refractivity contribution is 0.0600. The first-order valence-electron chi connectivity index (χ1n) is 8.83. The van der Waals surface area contributed by atoms with Crippen LogP contribution >= 0.6 is 11.6 Å². The van der Waals surface area contributed by atoms with Crippen LogP contribution in [0.2, 0.25) is 5.02 Å². The molecule has 1 amide bonds. The number of carbonyl (C=O) groups is 2. The Labute approximate surface area is 175 Å². The van der Waals surface area contributed by atoms with Crippen LogP contribution in [0.15, 0.2) is 58.3 Å². The Morgan fingerprint density at radius 3 is 2.73 bits per heavy atom. The van der Waals surface area contributed by atoms with E-state index >= 15 is 0 Å². The summed E-state index contributed by atoms with van der Waals surface area (Å²) in [6.45, 7) is 0.293. The topological polar surface area (TPSA) is 123 Å². The number of esters is 1. The van der Waals surface area contributed by atoms with Crippen molar-refractivity contribution in [2.45, 2.75) is 6.42 Å². The molecular weight excluding hydrogens is 412 g/mol. The second-order valence-corrected chi connectivity index (χ2v) is 6.62. The van der Waals surface area contributed by atoms with Crippen molar-refractivity contribution in [3.8, 4) is 5.69 Å². The molecule has 154 valence electrons. The third-order valence-corrected chi connectivity index (χ3v) is 4.53. The van der Waals surface area contributed by atoms with Gasteiger partial charge in [0.2, 0.25) is 0 Å². The molecule has 10 heteroatoms. The van der Waals surface area contributed by atoms with Gasteiger partial charge in [0.25, 0.3) is 11.5 Å². The highest BCUT2D eigenvalue weighted by atomic mass is 35.5. The SMILES string of the molecule is COC(=O)c1cccc(CCNC(=O)c2cc(-n3ncc(=O)[nH]c3=O)ccc2Cl)c1. The van der Waals surface area contributed by atoms with Crippen molar-refractivity contribution in [3.63, 3.8) is 0 Å². The predicted octanol–water partition coefficient (Wildman–Crippen LogP) is 1.33. The summed E-state index contributed by atoms with van der Waals surface area (Å²) >= 11 is 6.13. The summed E-state index contributed by atoms with van der Waals surface area (Å²) in [5, 5.41) is 6.70. The van der Waals surface area contributed by atoms with E-state index in [0.29, 0.717) is 18.5 Å². The Bertz CT molecular complexity index is 1220. The van der Waals surface area contributed by atoms with E-state index in [9.17, 15) is 19.2 Å². The molecule has 30 heavy (non-hydrogen) atoms. The Morgan fingerprint density at radius 1 is 1.20 bits per heavy atom. The van der Waals surface area contributed by atoms with E-state index in [1.165, 1.54) is 25.3 Å². The number of H-pyrrole nitrogens is 1. The Morgan fingerprint density at radius 2 is 2.00 bits per heavy atom. The summed E-state index contributed by atoms with van der Waals surface area (Å²) in [6.07, 6.45) is 1.44. The smallest absolute Gasteiger partial charge is 0.349 e. The van der Waals surface area contributed by atoms with Gasteiger partial charge in [-0.1, -0.05) is 23.7 Å². The molecule has 0 radical (unpaired) electrons. The van der Waals surface area contributed by atoms with Crippen LogP contribution in [0.4, 0.5) is 0 Å². The van der Waals surface area contributed by atoms with Crippen LogP contribution in [0.5, 0.6) is 0 Å². The highest BCUT2D eigenvalue weighted by molar-refractivity contribution is 6.33. The molecule has 0 saturated carbocycles. The average Bonchev–Trinajstić information content (AvgIpc) is 2.74. The molecule has 0 aliphatic rings. The molecule has 3 aromatic rings. The Balaban J connectivity index is 1.72. The number of nitrogens with zero attached hydrogens (tertiary/aromatic N) is 2.